The van der Waals surface area contributed by atoms with Crippen LogP contribution < -0.4 is 16.3 Å². The fraction of sp³-hybridized carbons (Fsp3) is 0.318. The number of aromatic nitrogens is 3. The summed E-state index contributed by atoms with van der Waals surface area (Å²) in [6, 6.07) is 12.7. The van der Waals surface area contributed by atoms with Gasteiger partial charge in [-0.25, -0.2) is 14.3 Å². The largest absolute Gasteiger partial charge is 0.350 e. The van der Waals surface area contributed by atoms with Gasteiger partial charge in [-0.1, -0.05) is 29.8 Å². The molecule has 150 valence electrons. The molecule has 2 amide bonds. The molecule has 2 N–H and O–H groups in total. The fourth-order valence-electron chi connectivity index (χ4n) is 3.64. The van der Waals surface area contributed by atoms with E-state index in [1.165, 1.54) is 27.5 Å². The molecule has 0 radical (unpaired) electrons. The van der Waals surface area contributed by atoms with Gasteiger partial charge in [0.15, 0.2) is 5.65 Å². The average molecular weight is 391 g/mol. The minimum atomic E-state index is -0.219. The Morgan fingerprint density at radius 3 is 2.90 bits per heavy atom. The van der Waals surface area contributed by atoms with Gasteiger partial charge in [0.1, 0.15) is 0 Å². The highest BCUT2D eigenvalue weighted by molar-refractivity contribution is 5.89. The van der Waals surface area contributed by atoms with Gasteiger partial charge in [-0.2, -0.15) is 0 Å². The monoisotopic (exact) mass is 391 g/mol. The van der Waals surface area contributed by atoms with Crippen LogP contribution in [0.2, 0.25) is 0 Å². The van der Waals surface area contributed by atoms with Gasteiger partial charge in [-0.15, -0.1) is 5.10 Å². The molecule has 0 bridgehead atoms. The van der Waals surface area contributed by atoms with Crippen LogP contribution in [0.4, 0.5) is 10.5 Å². The molecular weight excluding hydrogens is 366 g/mol. The highest BCUT2D eigenvalue weighted by Gasteiger charge is 2.08. The summed E-state index contributed by atoms with van der Waals surface area (Å²) in [5.74, 6) is 0. The highest BCUT2D eigenvalue weighted by Crippen LogP contribution is 2.19. The van der Waals surface area contributed by atoms with Crippen molar-refractivity contribution in [1.29, 1.82) is 0 Å². The van der Waals surface area contributed by atoms with Crippen LogP contribution in [0.25, 0.3) is 5.65 Å². The molecule has 2 heterocycles. The third kappa shape index (κ3) is 4.74. The van der Waals surface area contributed by atoms with Crippen LogP contribution in [-0.2, 0) is 6.54 Å². The Bertz CT molecular complexity index is 1100. The Kier molecular flexibility index (Phi) is 5.74. The second kappa shape index (κ2) is 8.77. The van der Waals surface area contributed by atoms with Crippen molar-refractivity contribution in [2.75, 3.05) is 11.9 Å². The summed E-state index contributed by atoms with van der Waals surface area (Å²) in [7, 11) is 0. The van der Waals surface area contributed by atoms with Crippen molar-refractivity contribution < 1.29 is 4.79 Å². The summed E-state index contributed by atoms with van der Waals surface area (Å²) >= 11 is 0. The highest BCUT2D eigenvalue weighted by atomic mass is 16.2. The second-order valence-corrected chi connectivity index (χ2v) is 7.31. The Labute approximate surface area is 169 Å². The zero-order valence-electron chi connectivity index (χ0n) is 16.3. The van der Waals surface area contributed by atoms with Gasteiger partial charge < -0.3 is 10.6 Å². The summed E-state index contributed by atoms with van der Waals surface area (Å²) in [5.41, 5.74) is 3.44. The van der Waals surface area contributed by atoms with Crippen LogP contribution in [0.1, 0.15) is 37.7 Å². The van der Waals surface area contributed by atoms with Crippen LogP contribution in [0.15, 0.2) is 65.1 Å². The van der Waals surface area contributed by atoms with E-state index in [4.69, 9.17) is 0 Å². The first-order valence-corrected chi connectivity index (χ1v) is 10.0. The molecule has 1 aliphatic carbocycles. The van der Waals surface area contributed by atoms with Crippen molar-refractivity contribution in [3.63, 3.8) is 0 Å². The van der Waals surface area contributed by atoms with E-state index >= 15 is 0 Å². The van der Waals surface area contributed by atoms with Gasteiger partial charge in [0, 0.05) is 18.4 Å². The molecule has 2 aromatic heterocycles. The van der Waals surface area contributed by atoms with Gasteiger partial charge >= 0.3 is 11.7 Å². The summed E-state index contributed by atoms with van der Waals surface area (Å²) in [5, 5.41) is 10.1. The molecule has 0 atom stereocenters. The molecule has 0 saturated carbocycles. The first-order valence-electron chi connectivity index (χ1n) is 10.0. The Morgan fingerprint density at radius 1 is 1.14 bits per heavy atom. The predicted octanol–water partition coefficient (Wildman–Crippen LogP) is 3.56. The number of anilines is 1. The standard InChI is InChI=1S/C22H25N5O2/c28-21(23-13-12-17-7-2-1-3-8-17)24-19-10-6-9-18(15-19)16-27-22(29)26-14-5-4-11-20(26)25-27/h4-7,9-11,14-15H,1-3,8,12-13,16H2,(H2,23,24,28). The van der Waals surface area contributed by atoms with Crippen LogP contribution in [0.5, 0.6) is 0 Å². The Hall–Kier alpha value is -3.35. The van der Waals surface area contributed by atoms with Gasteiger partial charge in [-0.3, -0.25) is 4.40 Å². The summed E-state index contributed by atoms with van der Waals surface area (Å²) in [4.78, 5) is 24.6. The molecular formula is C22H25N5O2. The molecule has 4 rings (SSSR count). The van der Waals surface area contributed by atoms with Gasteiger partial charge in [0.25, 0.3) is 0 Å². The number of nitrogens with one attached hydrogen (secondary N) is 2. The van der Waals surface area contributed by atoms with E-state index in [1.54, 1.807) is 18.3 Å². The zero-order chi connectivity index (χ0) is 20.1. The van der Waals surface area contributed by atoms with Crippen molar-refractivity contribution in [2.45, 2.75) is 38.6 Å². The van der Waals surface area contributed by atoms with E-state index in [1.807, 2.05) is 30.3 Å². The first-order chi connectivity index (χ1) is 14.2. The molecule has 0 saturated heterocycles. The molecule has 0 unspecified atom stereocenters. The van der Waals surface area contributed by atoms with Crippen molar-refractivity contribution in [3.05, 3.63) is 76.4 Å². The molecule has 7 heteroatoms. The number of rotatable bonds is 6. The number of fused-ring (bicyclic) bond motifs is 1. The van der Waals surface area contributed by atoms with E-state index in [-0.39, 0.29) is 11.7 Å². The number of allylic oxidation sites excluding steroid dienone is 1. The SMILES string of the molecule is O=C(NCCC1=CCCCC1)Nc1cccc(Cn2nc3ccccn3c2=O)c1. The lowest BCUT2D eigenvalue weighted by Gasteiger charge is -2.13. The number of urea groups is 1. The molecule has 1 aromatic carbocycles. The number of benzene rings is 1. The topological polar surface area (TPSA) is 80.4 Å². The minimum absolute atomic E-state index is 0.186. The lowest BCUT2D eigenvalue weighted by atomic mass is 9.97. The van der Waals surface area contributed by atoms with Crippen molar-refractivity contribution >= 4 is 17.4 Å². The van der Waals surface area contributed by atoms with Crippen molar-refractivity contribution in [2.24, 2.45) is 0 Å². The molecule has 0 fully saturated rings. The van der Waals surface area contributed by atoms with Crippen molar-refractivity contribution in [3.8, 4) is 0 Å². The average Bonchev–Trinajstić information content (AvgIpc) is 3.05. The van der Waals surface area contributed by atoms with Crippen LogP contribution in [0, 0.1) is 0 Å². The maximum atomic E-state index is 12.4. The Morgan fingerprint density at radius 2 is 2.07 bits per heavy atom. The summed E-state index contributed by atoms with van der Waals surface area (Å²) in [6.07, 6.45) is 9.73. The molecule has 3 aromatic rings. The van der Waals surface area contributed by atoms with Crippen molar-refractivity contribution in [1.82, 2.24) is 19.5 Å². The lowest BCUT2D eigenvalue weighted by molar-refractivity contribution is 0.252. The number of carbonyl (C=O) groups excluding carboxylic acids is 1. The van der Waals surface area contributed by atoms with E-state index in [0.717, 1.165) is 24.8 Å². The van der Waals surface area contributed by atoms with E-state index in [2.05, 4.69) is 21.8 Å². The van der Waals surface area contributed by atoms with Gasteiger partial charge in [0.05, 0.1) is 6.54 Å². The second-order valence-electron chi connectivity index (χ2n) is 7.31. The zero-order valence-corrected chi connectivity index (χ0v) is 16.3. The molecule has 0 spiro atoms. The van der Waals surface area contributed by atoms with Gasteiger partial charge in [-0.05, 0) is 61.9 Å². The fourth-order valence-corrected chi connectivity index (χ4v) is 3.64. The van der Waals surface area contributed by atoms with Crippen LogP contribution in [-0.4, -0.2) is 26.8 Å². The summed E-state index contributed by atoms with van der Waals surface area (Å²) in [6.45, 7) is 0.972. The number of hydrogen-bond acceptors (Lipinski definition) is 3. The third-order valence-corrected chi connectivity index (χ3v) is 5.12. The van der Waals surface area contributed by atoms with Crippen LogP contribution >= 0.6 is 0 Å². The van der Waals surface area contributed by atoms with Crippen LogP contribution in [0.3, 0.4) is 0 Å². The smallest absolute Gasteiger partial charge is 0.338 e. The summed E-state index contributed by atoms with van der Waals surface area (Å²) < 4.78 is 2.93. The minimum Gasteiger partial charge on any atom is -0.338 e. The molecule has 0 aliphatic heterocycles. The molecule has 29 heavy (non-hydrogen) atoms. The third-order valence-electron chi connectivity index (χ3n) is 5.12. The first kappa shape index (κ1) is 19.0. The quantitative estimate of drug-likeness (QED) is 0.631. The number of pyridine rings is 1. The maximum absolute atomic E-state index is 12.4. The lowest BCUT2D eigenvalue weighted by Crippen LogP contribution is -2.29. The van der Waals surface area contributed by atoms with E-state index < -0.39 is 0 Å². The number of hydrogen-bond donors (Lipinski definition) is 2. The predicted molar refractivity (Wildman–Crippen MR) is 113 cm³/mol. The van der Waals surface area contributed by atoms with E-state index in [9.17, 15) is 9.59 Å². The number of carbonyl (C=O) groups is 1. The molecule has 7 nitrogen and oxygen atoms in total. The van der Waals surface area contributed by atoms with Gasteiger partial charge in [0.2, 0.25) is 0 Å². The van der Waals surface area contributed by atoms with E-state index in [0.29, 0.717) is 24.4 Å². The maximum Gasteiger partial charge on any atom is 0.350 e. The number of amides is 2. The normalized spacial score (nSPS) is 13.9. The number of nitrogens with zero attached hydrogens (tertiary/aromatic N) is 3. The molecule has 1 aliphatic rings. The Balaban J connectivity index is 1.35.